The van der Waals surface area contributed by atoms with Gasteiger partial charge in [0.2, 0.25) is 0 Å². The lowest BCUT2D eigenvalue weighted by Crippen LogP contribution is -2.04. The van der Waals surface area contributed by atoms with Crippen molar-refractivity contribution in [2.75, 3.05) is 12.4 Å². The van der Waals surface area contributed by atoms with Crippen LogP contribution in [0.1, 0.15) is 37.9 Å². The van der Waals surface area contributed by atoms with E-state index in [0.717, 1.165) is 12.2 Å². The Kier molecular flexibility index (Phi) is 5.31. The first-order valence-electron chi connectivity index (χ1n) is 5.27. The molecular formula is C10H16N2O3S. The number of ether oxygens (including phenoxy) is 1. The van der Waals surface area contributed by atoms with Gasteiger partial charge in [0.1, 0.15) is 0 Å². The van der Waals surface area contributed by atoms with Crippen LogP contribution in [0.5, 0.6) is 0 Å². The van der Waals surface area contributed by atoms with Gasteiger partial charge in [-0.05, 0) is 19.3 Å². The predicted molar refractivity (Wildman–Crippen MR) is 60.4 cm³/mol. The molecule has 1 heterocycles. The van der Waals surface area contributed by atoms with Crippen molar-refractivity contribution in [2.24, 2.45) is 5.92 Å². The van der Waals surface area contributed by atoms with E-state index in [1.54, 1.807) is 6.92 Å². The summed E-state index contributed by atoms with van der Waals surface area (Å²) in [5.41, 5.74) is 0. The summed E-state index contributed by atoms with van der Waals surface area (Å²) < 4.78 is 9.89. The molecule has 0 unspecified atom stereocenters. The molecule has 5 nitrogen and oxygen atoms in total. The summed E-state index contributed by atoms with van der Waals surface area (Å²) in [5, 5.41) is 7.80. The van der Waals surface area contributed by atoms with E-state index >= 15 is 0 Å². The van der Waals surface area contributed by atoms with Crippen LogP contribution in [0.15, 0.2) is 9.64 Å². The van der Waals surface area contributed by atoms with Crippen molar-refractivity contribution in [3.8, 4) is 0 Å². The highest BCUT2D eigenvalue weighted by molar-refractivity contribution is 7.99. The zero-order valence-corrected chi connectivity index (χ0v) is 10.5. The summed E-state index contributed by atoms with van der Waals surface area (Å²) in [6.07, 6.45) is 1.07. The van der Waals surface area contributed by atoms with Gasteiger partial charge in [-0.25, -0.2) is 4.79 Å². The molecular weight excluding hydrogens is 228 g/mol. The lowest BCUT2D eigenvalue weighted by Gasteiger charge is -2.00. The lowest BCUT2D eigenvalue weighted by molar-refractivity contribution is 0.0475. The van der Waals surface area contributed by atoms with Crippen molar-refractivity contribution in [3.63, 3.8) is 0 Å². The van der Waals surface area contributed by atoms with Gasteiger partial charge in [0.25, 0.3) is 5.22 Å². The summed E-state index contributed by atoms with van der Waals surface area (Å²) >= 11 is 1.46. The van der Waals surface area contributed by atoms with E-state index in [0.29, 0.717) is 17.7 Å². The molecule has 0 aliphatic heterocycles. The third kappa shape index (κ3) is 4.22. The number of hydrogen-bond donors (Lipinski definition) is 0. The SMILES string of the molecule is CCOC(=O)c1nnc(SCCC(C)C)o1. The minimum Gasteiger partial charge on any atom is -0.459 e. The summed E-state index contributed by atoms with van der Waals surface area (Å²) in [6.45, 7) is 6.33. The number of carbonyl (C=O) groups is 1. The van der Waals surface area contributed by atoms with Gasteiger partial charge in [-0.1, -0.05) is 30.7 Å². The topological polar surface area (TPSA) is 65.2 Å². The largest absolute Gasteiger partial charge is 0.459 e. The van der Waals surface area contributed by atoms with E-state index in [4.69, 9.17) is 9.15 Å². The van der Waals surface area contributed by atoms with Crippen LogP contribution < -0.4 is 0 Å². The zero-order valence-electron chi connectivity index (χ0n) is 9.73. The van der Waals surface area contributed by atoms with Crippen LogP contribution >= 0.6 is 11.8 Å². The van der Waals surface area contributed by atoms with Crippen molar-refractivity contribution in [2.45, 2.75) is 32.4 Å². The molecule has 1 rings (SSSR count). The van der Waals surface area contributed by atoms with E-state index < -0.39 is 5.97 Å². The fourth-order valence-electron chi connectivity index (χ4n) is 0.925. The third-order valence-corrected chi connectivity index (χ3v) is 2.63. The maximum absolute atomic E-state index is 11.2. The number of aromatic nitrogens is 2. The first kappa shape index (κ1) is 13.0. The minimum absolute atomic E-state index is 0.0751. The van der Waals surface area contributed by atoms with Crippen molar-refractivity contribution < 1.29 is 13.9 Å². The Bertz CT molecular complexity index is 339. The van der Waals surface area contributed by atoms with Crippen molar-refractivity contribution in [3.05, 3.63) is 5.89 Å². The molecule has 90 valence electrons. The van der Waals surface area contributed by atoms with Crippen molar-refractivity contribution in [1.82, 2.24) is 10.2 Å². The number of nitrogens with zero attached hydrogens (tertiary/aromatic N) is 2. The molecule has 16 heavy (non-hydrogen) atoms. The van der Waals surface area contributed by atoms with Crippen LogP contribution in [-0.2, 0) is 4.74 Å². The number of thioether (sulfide) groups is 1. The fourth-order valence-corrected chi connectivity index (χ4v) is 1.93. The third-order valence-electron chi connectivity index (χ3n) is 1.78. The Morgan fingerprint density at radius 1 is 1.50 bits per heavy atom. The molecule has 0 aliphatic carbocycles. The second-order valence-electron chi connectivity index (χ2n) is 3.62. The van der Waals surface area contributed by atoms with Gasteiger partial charge in [0, 0.05) is 5.75 Å². The van der Waals surface area contributed by atoms with Crippen LogP contribution in [-0.4, -0.2) is 28.5 Å². The Hall–Kier alpha value is -1.04. The van der Waals surface area contributed by atoms with Gasteiger partial charge < -0.3 is 9.15 Å². The molecule has 0 saturated heterocycles. The minimum atomic E-state index is -0.564. The standard InChI is InChI=1S/C10H16N2O3S/c1-4-14-9(13)8-11-12-10(15-8)16-6-5-7(2)3/h7H,4-6H2,1-3H3. The van der Waals surface area contributed by atoms with Crippen LogP contribution in [0.4, 0.5) is 0 Å². The number of carbonyl (C=O) groups excluding carboxylic acids is 1. The van der Waals surface area contributed by atoms with Gasteiger partial charge in [-0.2, -0.15) is 0 Å². The van der Waals surface area contributed by atoms with Crippen molar-refractivity contribution >= 4 is 17.7 Å². The van der Waals surface area contributed by atoms with Crippen molar-refractivity contribution in [1.29, 1.82) is 0 Å². The normalized spacial score (nSPS) is 10.8. The molecule has 0 bridgehead atoms. The van der Waals surface area contributed by atoms with E-state index in [2.05, 4.69) is 24.0 Å². The number of rotatable bonds is 6. The maximum Gasteiger partial charge on any atom is 0.396 e. The van der Waals surface area contributed by atoms with Crippen LogP contribution in [0.25, 0.3) is 0 Å². The first-order valence-corrected chi connectivity index (χ1v) is 6.25. The Morgan fingerprint density at radius 3 is 2.88 bits per heavy atom. The molecule has 0 saturated carbocycles. The Balaban J connectivity index is 2.42. The monoisotopic (exact) mass is 244 g/mol. The molecule has 0 aliphatic rings. The summed E-state index contributed by atoms with van der Waals surface area (Å²) in [6, 6.07) is 0. The fraction of sp³-hybridized carbons (Fsp3) is 0.700. The van der Waals surface area contributed by atoms with E-state index in [-0.39, 0.29) is 5.89 Å². The summed E-state index contributed by atoms with van der Waals surface area (Å²) in [4.78, 5) is 11.2. The molecule has 0 N–H and O–H groups in total. The zero-order chi connectivity index (χ0) is 12.0. The van der Waals surface area contributed by atoms with Gasteiger partial charge in [0.15, 0.2) is 0 Å². The van der Waals surface area contributed by atoms with Gasteiger partial charge in [-0.15, -0.1) is 5.10 Å². The average molecular weight is 244 g/mol. The second kappa shape index (κ2) is 6.52. The Labute approximate surface area is 99.0 Å². The molecule has 0 spiro atoms. The highest BCUT2D eigenvalue weighted by atomic mass is 32.2. The average Bonchev–Trinajstić information content (AvgIpc) is 2.66. The predicted octanol–water partition coefficient (Wildman–Crippen LogP) is 2.38. The van der Waals surface area contributed by atoms with E-state index in [9.17, 15) is 4.79 Å². The molecule has 1 aromatic rings. The van der Waals surface area contributed by atoms with Gasteiger partial charge >= 0.3 is 11.9 Å². The maximum atomic E-state index is 11.2. The van der Waals surface area contributed by atoms with Crippen LogP contribution in [0.2, 0.25) is 0 Å². The molecule has 0 radical (unpaired) electrons. The smallest absolute Gasteiger partial charge is 0.396 e. The molecule has 0 amide bonds. The number of hydrogen-bond acceptors (Lipinski definition) is 6. The van der Waals surface area contributed by atoms with Crippen LogP contribution in [0.3, 0.4) is 0 Å². The molecule has 0 fully saturated rings. The molecule has 0 aromatic carbocycles. The van der Waals surface area contributed by atoms with Gasteiger partial charge in [-0.3, -0.25) is 0 Å². The van der Waals surface area contributed by atoms with Crippen LogP contribution in [0, 0.1) is 5.92 Å². The lowest BCUT2D eigenvalue weighted by atomic mass is 10.2. The van der Waals surface area contributed by atoms with E-state index in [1.807, 2.05) is 0 Å². The Morgan fingerprint density at radius 2 is 2.25 bits per heavy atom. The highest BCUT2D eigenvalue weighted by Gasteiger charge is 2.15. The molecule has 6 heteroatoms. The molecule has 1 aromatic heterocycles. The highest BCUT2D eigenvalue weighted by Crippen LogP contribution is 2.19. The van der Waals surface area contributed by atoms with Gasteiger partial charge in [0.05, 0.1) is 6.61 Å². The second-order valence-corrected chi connectivity index (χ2v) is 4.67. The van der Waals surface area contributed by atoms with E-state index in [1.165, 1.54) is 11.8 Å². The quantitative estimate of drug-likeness (QED) is 0.565. The summed E-state index contributed by atoms with van der Waals surface area (Å²) in [5.74, 6) is 0.904. The first-order chi connectivity index (χ1) is 7.63. The number of esters is 1. The summed E-state index contributed by atoms with van der Waals surface area (Å²) in [7, 11) is 0. The molecule has 0 atom stereocenters.